The largest absolute Gasteiger partial charge is 0.399 e. The minimum absolute atomic E-state index is 0.250. The number of aryl methyl sites for hydroxylation is 1. The molecular formula is C11H15N3OS. The lowest BCUT2D eigenvalue weighted by Gasteiger charge is -1.95. The predicted octanol–water partition coefficient (Wildman–Crippen LogP) is 2.09. The smallest absolute Gasteiger partial charge is 0.144 e. The number of nitrogens with two attached hydrogens (primary N) is 1. The Labute approximate surface area is 98.9 Å². The molecule has 0 spiro atoms. The van der Waals surface area contributed by atoms with E-state index in [0.717, 1.165) is 22.1 Å². The third-order valence-corrected chi connectivity index (χ3v) is 2.54. The average Bonchev–Trinajstić information content (AvgIpc) is 2.67. The molecule has 0 saturated heterocycles. The van der Waals surface area contributed by atoms with Gasteiger partial charge in [-0.3, -0.25) is 0 Å². The number of aromatic nitrogens is 2. The second kappa shape index (κ2) is 6.19. The molecule has 2 aromatic rings. The van der Waals surface area contributed by atoms with Gasteiger partial charge in [0.2, 0.25) is 0 Å². The maximum atomic E-state index is 7.57. The Balaban J connectivity index is 0.000000386. The van der Waals surface area contributed by atoms with Gasteiger partial charge in [-0.15, -0.1) is 0 Å². The quantitative estimate of drug-likeness (QED) is 0.745. The third kappa shape index (κ3) is 3.60. The van der Waals surface area contributed by atoms with Gasteiger partial charge < -0.3 is 10.8 Å². The highest BCUT2D eigenvalue weighted by Gasteiger charge is 2.02. The van der Waals surface area contributed by atoms with Gasteiger partial charge in [-0.1, -0.05) is 0 Å². The lowest BCUT2D eigenvalue weighted by molar-refractivity contribution is 0.318. The van der Waals surface area contributed by atoms with Gasteiger partial charge in [0.15, 0.2) is 0 Å². The van der Waals surface area contributed by atoms with Crippen LogP contribution in [0.25, 0.3) is 10.6 Å². The van der Waals surface area contributed by atoms with Crippen LogP contribution >= 0.6 is 11.5 Å². The number of rotatable bonds is 1. The SMILES string of the molecule is CCO.Cc1nsc(-c2ccc(N)cc2)n1. The van der Waals surface area contributed by atoms with E-state index < -0.39 is 0 Å². The van der Waals surface area contributed by atoms with Gasteiger partial charge in [0, 0.05) is 17.9 Å². The number of nitrogen functional groups attached to an aromatic ring is 1. The van der Waals surface area contributed by atoms with E-state index in [-0.39, 0.29) is 6.61 Å². The number of benzene rings is 1. The van der Waals surface area contributed by atoms with Gasteiger partial charge in [0.05, 0.1) is 0 Å². The molecule has 16 heavy (non-hydrogen) atoms. The Morgan fingerprint density at radius 3 is 2.31 bits per heavy atom. The summed E-state index contributed by atoms with van der Waals surface area (Å²) in [5.41, 5.74) is 7.42. The molecule has 4 nitrogen and oxygen atoms in total. The van der Waals surface area contributed by atoms with Crippen molar-refractivity contribution in [2.24, 2.45) is 0 Å². The number of hydrogen-bond acceptors (Lipinski definition) is 5. The summed E-state index contributed by atoms with van der Waals surface area (Å²) in [6.07, 6.45) is 0. The fourth-order valence-electron chi connectivity index (χ4n) is 1.04. The normalized spacial score (nSPS) is 9.44. The maximum Gasteiger partial charge on any atom is 0.144 e. The van der Waals surface area contributed by atoms with Crippen LogP contribution in [-0.2, 0) is 0 Å². The van der Waals surface area contributed by atoms with Gasteiger partial charge in [0.1, 0.15) is 10.8 Å². The van der Waals surface area contributed by atoms with E-state index in [4.69, 9.17) is 10.8 Å². The van der Waals surface area contributed by atoms with E-state index in [1.54, 1.807) is 6.92 Å². The van der Waals surface area contributed by atoms with Crippen molar-refractivity contribution in [1.82, 2.24) is 9.36 Å². The molecule has 0 fully saturated rings. The van der Waals surface area contributed by atoms with E-state index in [0.29, 0.717) is 0 Å². The molecule has 5 heteroatoms. The maximum absolute atomic E-state index is 7.57. The summed E-state index contributed by atoms with van der Waals surface area (Å²) >= 11 is 1.41. The van der Waals surface area contributed by atoms with Gasteiger partial charge in [-0.25, -0.2) is 4.98 Å². The van der Waals surface area contributed by atoms with Crippen LogP contribution in [0.4, 0.5) is 5.69 Å². The van der Waals surface area contributed by atoms with Gasteiger partial charge >= 0.3 is 0 Å². The zero-order valence-corrected chi connectivity index (χ0v) is 10.2. The lowest BCUT2D eigenvalue weighted by atomic mass is 10.2. The second-order valence-electron chi connectivity index (χ2n) is 3.08. The van der Waals surface area contributed by atoms with E-state index in [1.165, 1.54) is 11.5 Å². The molecule has 0 saturated carbocycles. The zero-order valence-electron chi connectivity index (χ0n) is 9.34. The minimum atomic E-state index is 0.250. The molecule has 0 aliphatic rings. The Bertz CT molecular complexity index is 425. The summed E-state index contributed by atoms with van der Waals surface area (Å²) in [4.78, 5) is 4.28. The summed E-state index contributed by atoms with van der Waals surface area (Å²) in [6, 6.07) is 7.64. The van der Waals surface area contributed by atoms with Crippen LogP contribution in [-0.4, -0.2) is 21.1 Å². The molecular weight excluding hydrogens is 222 g/mol. The highest BCUT2D eigenvalue weighted by molar-refractivity contribution is 7.09. The summed E-state index contributed by atoms with van der Waals surface area (Å²) in [7, 11) is 0. The summed E-state index contributed by atoms with van der Waals surface area (Å²) in [6.45, 7) is 3.82. The molecule has 1 aromatic heterocycles. The first-order valence-corrected chi connectivity index (χ1v) is 5.71. The summed E-state index contributed by atoms with van der Waals surface area (Å²) in [5, 5.41) is 8.51. The molecule has 3 N–H and O–H groups in total. The molecule has 1 heterocycles. The van der Waals surface area contributed by atoms with Crippen molar-refractivity contribution in [3.8, 4) is 10.6 Å². The second-order valence-corrected chi connectivity index (χ2v) is 3.84. The molecule has 0 aliphatic heterocycles. The highest BCUT2D eigenvalue weighted by atomic mass is 32.1. The molecule has 0 atom stereocenters. The standard InChI is InChI=1S/C9H9N3S.C2H6O/c1-6-11-9(13-12-6)7-2-4-8(10)5-3-7;1-2-3/h2-5H,10H2,1H3;3H,2H2,1H3. The van der Waals surface area contributed by atoms with Crippen LogP contribution in [0.3, 0.4) is 0 Å². The van der Waals surface area contributed by atoms with Crippen LogP contribution in [0.15, 0.2) is 24.3 Å². The van der Waals surface area contributed by atoms with Crippen molar-refractivity contribution in [2.75, 3.05) is 12.3 Å². The van der Waals surface area contributed by atoms with Crippen molar-refractivity contribution in [3.05, 3.63) is 30.1 Å². The van der Waals surface area contributed by atoms with Crippen molar-refractivity contribution in [3.63, 3.8) is 0 Å². The summed E-state index contributed by atoms with van der Waals surface area (Å²) < 4.78 is 4.11. The van der Waals surface area contributed by atoms with E-state index in [1.807, 2.05) is 31.2 Å². The number of aliphatic hydroxyl groups is 1. The Hall–Kier alpha value is -1.46. The first-order valence-electron chi connectivity index (χ1n) is 4.94. The molecule has 1 aromatic carbocycles. The molecule has 0 aliphatic carbocycles. The fraction of sp³-hybridized carbons (Fsp3) is 0.273. The molecule has 0 unspecified atom stereocenters. The Morgan fingerprint density at radius 1 is 1.31 bits per heavy atom. The van der Waals surface area contributed by atoms with Crippen molar-refractivity contribution < 1.29 is 5.11 Å². The third-order valence-electron chi connectivity index (χ3n) is 1.69. The highest BCUT2D eigenvalue weighted by Crippen LogP contribution is 2.21. The van der Waals surface area contributed by atoms with Gasteiger partial charge in [-0.2, -0.15) is 4.37 Å². The predicted molar refractivity (Wildman–Crippen MR) is 67.3 cm³/mol. The molecule has 0 amide bonds. The average molecular weight is 237 g/mol. The number of aliphatic hydroxyl groups excluding tert-OH is 1. The van der Waals surface area contributed by atoms with Crippen molar-refractivity contribution in [2.45, 2.75) is 13.8 Å². The zero-order chi connectivity index (χ0) is 12.0. The summed E-state index contributed by atoms with van der Waals surface area (Å²) in [5.74, 6) is 0.817. The van der Waals surface area contributed by atoms with Crippen LogP contribution < -0.4 is 5.73 Å². The monoisotopic (exact) mass is 237 g/mol. The number of anilines is 1. The fourth-order valence-corrected chi connectivity index (χ4v) is 1.71. The molecule has 0 bridgehead atoms. The first-order chi connectivity index (χ1) is 7.67. The molecule has 86 valence electrons. The van der Waals surface area contributed by atoms with Gasteiger partial charge in [0.25, 0.3) is 0 Å². The Kier molecular flexibility index (Phi) is 4.88. The molecule has 0 radical (unpaired) electrons. The lowest BCUT2D eigenvalue weighted by Crippen LogP contribution is -1.83. The van der Waals surface area contributed by atoms with Crippen molar-refractivity contribution in [1.29, 1.82) is 0 Å². The first kappa shape index (κ1) is 12.6. The van der Waals surface area contributed by atoms with E-state index in [2.05, 4.69) is 9.36 Å². The topological polar surface area (TPSA) is 72.0 Å². The van der Waals surface area contributed by atoms with E-state index in [9.17, 15) is 0 Å². The Morgan fingerprint density at radius 2 is 1.88 bits per heavy atom. The van der Waals surface area contributed by atoms with Crippen molar-refractivity contribution >= 4 is 17.2 Å². The van der Waals surface area contributed by atoms with Gasteiger partial charge in [-0.05, 0) is 49.6 Å². The molecule has 2 rings (SSSR count). The van der Waals surface area contributed by atoms with Crippen LogP contribution in [0.2, 0.25) is 0 Å². The van der Waals surface area contributed by atoms with Crippen LogP contribution in [0.5, 0.6) is 0 Å². The number of hydrogen-bond donors (Lipinski definition) is 2. The van der Waals surface area contributed by atoms with Crippen LogP contribution in [0, 0.1) is 6.92 Å². The van der Waals surface area contributed by atoms with E-state index >= 15 is 0 Å². The minimum Gasteiger partial charge on any atom is -0.399 e. The van der Waals surface area contributed by atoms with Crippen LogP contribution in [0.1, 0.15) is 12.7 Å². The number of nitrogens with zero attached hydrogens (tertiary/aromatic N) is 2.